The van der Waals surface area contributed by atoms with Gasteiger partial charge in [0.2, 0.25) is 5.91 Å². The molecule has 2 unspecified atom stereocenters. The fraction of sp³-hybridized carbons (Fsp3) is 0.588. The van der Waals surface area contributed by atoms with E-state index in [1.54, 1.807) is 32.2 Å². The van der Waals surface area contributed by atoms with Crippen LogP contribution in [0.3, 0.4) is 0 Å². The predicted molar refractivity (Wildman–Crippen MR) is 88.8 cm³/mol. The van der Waals surface area contributed by atoms with Gasteiger partial charge in [0.05, 0.1) is 32.3 Å². The first-order valence-corrected chi connectivity index (χ1v) is 7.89. The largest absolute Gasteiger partial charge is 0.497 e. The Labute approximate surface area is 142 Å². The molecule has 1 amide bonds. The molecular weight excluding hydrogens is 314 g/mol. The average Bonchev–Trinajstić information content (AvgIpc) is 2.57. The first kappa shape index (κ1) is 20.4. The minimum Gasteiger partial charge on any atom is -0.497 e. The molecule has 7 heteroatoms. The van der Waals surface area contributed by atoms with Crippen LogP contribution >= 0.6 is 0 Å². The second-order valence-electron chi connectivity index (χ2n) is 5.70. The maximum absolute atomic E-state index is 12.0. The fourth-order valence-corrected chi connectivity index (χ4v) is 2.09. The van der Waals surface area contributed by atoms with E-state index in [1.165, 1.54) is 6.92 Å². The van der Waals surface area contributed by atoms with Gasteiger partial charge in [-0.25, -0.2) is 0 Å². The number of benzene rings is 1. The third kappa shape index (κ3) is 6.84. The van der Waals surface area contributed by atoms with Crippen molar-refractivity contribution in [2.24, 2.45) is 0 Å². The molecule has 0 aliphatic heterocycles. The normalized spacial score (nSPS) is 16.1. The molecule has 0 aliphatic rings. The van der Waals surface area contributed by atoms with Crippen LogP contribution in [0.25, 0.3) is 0 Å². The maximum atomic E-state index is 12.0. The summed E-state index contributed by atoms with van der Waals surface area (Å²) in [5.41, 5.74) is 0.811. The van der Waals surface area contributed by atoms with E-state index in [4.69, 9.17) is 14.6 Å². The van der Waals surface area contributed by atoms with Crippen LogP contribution in [0.15, 0.2) is 24.3 Å². The summed E-state index contributed by atoms with van der Waals surface area (Å²) in [6, 6.07) is 7.21. The predicted octanol–water partition coefficient (Wildman–Crippen LogP) is -0.138. The van der Waals surface area contributed by atoms with Crippen LogP contribution in [0.5, 0.6) is 5.75 Å². The molecule has 0 radical (unpaired) electrons. The lowest BCUT2D eigenvalue weighted by Crippen LogP contribution is -2.44. The van der Waals surface area contributed by atoms with Gasteiger partial charge in [-0.1, -0.05) is 12.1 Å². The zero-order valence-corrected chi connectivity index (χ0v) is 14.3. The summed E-state index contributed by atoms with van der Waals surface area (Å²) in [5.74, 6) is 0.463. The molecule has 0 aromatic heterocycles. The van der Waals surface area contributed by atoms with E-state index in [0.29, 0.717) is 5.75 Å². The van der Waals surface area contributed by atoms with Crippen molar-refractivity contribution in [3.8, 4) is 5.75 Å². The average molecular weight is 341 g/mol. The van der Waals surface area contributed by atoms with E-state index in [9.17, 15) is 15.0 Å². The summed E-state index contributed by atoms with van der Waals surface area (Å²) in [5, 5.41) is 30.9. The number of amides is 1. The van der Waals surface area contributed by atoms with Crippen molar-refractivity contribution in [2.75, 3.05) is 20.3 Å². The summed E-state index contributed by atoms with van der Waals surface area (Å²) in [4.78, 5) is 12.0. The molecule has 1 rings (SSSR count). The molecule has 0 spiro atoms. The summed E-state index contributed by atoms with van der Waals surface area (Å²) in [6.07, 6.45) is -3.05. The zero-order valence-electron chi connectivity index (χ0n) is 14.3. The lowest BCUT2D eigenvalue weighted by Gasteiger charge is -2.27. The number of aliphatic hydroxyl groups is 3. The molecule has 0 saturated heterocycles. The number of hydrogen-bond donors (Lipinski definition) is 4. The van der Waals surface area contributed by atoms with Crippen LogP contribution in [0, 0.1) is 0 Å². The third-order valence-electron chi connectivity index (χ3n) is 3.66. The number of ether oxygens (including phenoxy) is 2. The van der Waals surface area contributed by atoms with E-state index in [0.717, 1.165) is 5.56 Å². The van der Waals surface area contributed by atoms with Gasteiger partial charge >= 0.3 is 0 Å². The van der Waals surface area contributed by atoms with Gasteiger partial charge in [0.1, 0.15) is 18.0 Å². The number of methoxy groups -OCH3 is 1. The van der Waals surface area contributed by atoms with E-state index in [-0.39, 0.29) is 18.9 Å². The number of nitrogens with one attached hydrogen (secondary N) is 1. The third-order valence-corrected chi connectivity index (χ3v) is 3.66. The minimum atomic E-state index is -1.04. The van der Waals surface area contributed by atoms with Crippen molar-refractivity contribution < 1.29 is 29.6 Å². The maximum Gasteiger partial charge on any atom is 0.224 e. The van der Waals surface area contributed by atoms with Gasteiger partial charge in [-0.2, -0.15) is 0 Å². The van der Waals surface area contributed by atoms with Crippen molar-refractivity contribution in [3.63, 3.8) is 0 Å². The first-order chi connectivity index (χ1) is 11.4. The molecule has 136 valence electrons. The van der Waals surface area contributed by atoms with E-state index in [1.807, 2.05) is 6.07 Å². The minimum absolute atomic E-state index is 0.100. The van der Waals surface area contributed by atoms with Crippen LogP contribution in [-0.4, -0.2) is 65.9 Å². The van der Waals surface area contributed by atoms with Crippen molar-refractivity contribution in [3.05, 3.63) is 29.8 Å². The number of carbonyl (C=O) groups excluding carboxylic acids is 1. The van der Waals surface area contributed by atoms with Crippen LogP contribution in [0.2, 0.25) is 0 Å². The Balaban J connectivity index is 2.52. The molecule has 4 N–H and O–H groups in total. The van der Waals surface area contributed by atoms with Crippen LogP contribution in [-0.2, 0) is 16.0 Å². The topological polar surface area (TPSA) is 108 Å². The van der Waals surface area contributed by atoms with Crippen molar-refractivity contribution in [1.29, 1.82) is 0 Å². The Morgan fingerprint density at radius 2 is 2.00 bits per heavy atom. The fourth-order valence-electron chi connectivity index (χ4n) is 2.09. The van der Waals surface area contributed by atoms with E-state index in [2.05, 4.69) is 5.32 Å². The van der Waals surface area contributed by atoms with Crippen LogP contribution in [0.4, 0.5) is 0 Å². The Bertz CT molecular complexity index is 508. The zero-order chi connectivity index (χ0) is 18.1. The lowest BCUT2D eigenvalue weighted by molar-refractivity contribution is -0.126. The van der Waals surface area contributed by atoms with Crippen LogP contribution in [0.1, 0.15) is 19.4 Å². The van der Waals surface area contributed by atoms with Crippen LogP contribution < -0.4 is 10.1 Å². The standard InChI is InChI=1S/C17H27NO6/c1-11(20)16(24-12(2)15(21)10-19)9-18-17(22)8-13-5-4-6-14(7-13)23-3/h4-7,11-12,15-16,19-21H,8-10H2,1-3H3,(H,18,22)/t11-,12?,15+,16?/m1/s1. The lowest BCUT2D eigenvalue weighted by atomic mass is 10.1. The molecule has 1 aromatic carbocycles. The second kappa shape index (κ2) is 10.2. The molecule has 24 heavy (non-hydrogen) atoms. The molecule has 7 nitrogen and oxygen atoms in total. The van der Waals surface area contributed by atoms with E-state index < -0.39 is 31.0 Å². The SMILES string of the molecule is COc1cccc(CC(=O)NCC(OC(C)[C@@H](O)CO)[C@@H](C)O)c1. The highest BCUT2D eigenvalue weighted by atomic mass is 16.5. The Morgan fingerprint density at radius 1 is 1.29 bits per heavy atom. The van der Waals surface area contributed by atoms with Crippen molar-refractivity contribution in [2.45, 2.75) is 44.7 Å². The molecule has 1 aromatic rings. The van der Waals surface area contributed by atoms with E-state index >= 15 is 0 Å². The molecule has 0 heterocycles. The molecular formula is C17H27NO6. The molecule has 0 fully saturated rings. The molecule has 4 atom stereocenters. The summed E-state index contributed by atoms with van der Waals surface area (Å²) in [6.45, 7) is 2.80. The van der Waals surface area contributed by atoms with Crippen molar-refractivity contribution >= 4 is 5.91 Å². The number of carbonyl (C=O) groups is 1. The van der Waals surface area contributed by atoms with Crippen molar-refractivity contribution in [1.82, 2.24) is 5.32 Å². The quantitative estimate of drug-likeness (QED) is 0.472. The Morgan fingerprint density at radius 3 is 2.58 bits per heavy atom. The molecule has 0 bridgehead atoms. The summed E-state index contributed by atoms with van der Waals surface area (Å²) in [7, 11) is 1.56. The van der Waals surface area contributed by atoms with Gasteiger partial charge in [-0.15, -0.1) is 0 Å². The molecule has 0 saturated carbocycles. The Hall–Kier alpha value is -1.67. The van der Waals surface area contributed by atoms with Gasteiger partial charge in [-0.3, -0.25) is 4.79 Å². The highest BCUT2D eigenvalue weighted by molar-refractivity contribution is 5.78. The van der Waals surface area contributed by atoms with Gasteiger partial charge in [0.25, 0.3) is 0 Å². The summed E-state index contributed by atoms with van der Waals surface area (Å²) >= 11 is 0. The Kier molecular flexibility index (Phi) is 8.70. The van der Waals surface area contributed by atoms with Gasteiger partial charge in [0.15, 0.2) is 0 Å². The summed E-state index contributed by atoms with van der Waals surface area (Å²) < 4.78 is 10.6. The van der Waals surface area contributed by atoms with Gasteiger partial charge < -0.3 is 30.1 Å². The number of hydrogen-bond acceptors (Lipinski definition) is 6. The second-order valence-corrected chi connectivity index (χ2v) is 5.70. The monoisotopic (exact) mass is 341 g/mol. The highest BCUT2D eigenvalue weighted by Gasteiger charge is 2.23. The molecule has 0 aliphatic carbocycles. The van der Waals surface area contributed by atoms with Gasteiger partial charge in [0, 0.05) is 6.54 Å². The first-order valence-electron chi connectivity index (χ1n) is 7.89. The number of aliphatic hydroxyl groups excluding tert-OH is 3. The highest BCUT2D eigenvalue weighted by Crippen LogP contribution is 2.13. The number of rotatable bonds is 10. The van der Waals surface area contributed by atoms with Gasteiger partial charge in [-0.05, 0) is 31.5 Å². The smallest absolute Gasteiger partial charge is 0.224 e.